The van der Waals surface area contributed by atoms with Crippen molar-refractivity contribution in [3.63, 3.8) is 0 Å². The smallest absolute Gasteiger partial charge is 0.417 e. The molecule has 0 aliphatic carbocycles. The second kappa shape index (κ2) is 5.92. The maximum Gasteiger partial charge on any atom is 0.417 e. The van der Waals surface area contributed by atoms with Crippen LogP contribution in [0.2, 0.25) is 0 Å². The molecule has 1 rings (SSSR count). The van der Waals surface area contributed by atoms with Crippen LogP contribution in [0.25, 0.3) is 0 Å². The van der Waals surface area contributed by atoms with E-state index in [4.69, 9.17) is 20.3 Å². The molecule has 0 fully saturated rings. The minimum Gasteiger partial charge on any atom is -0.497 e. The lowest BCUT2D eigenvalue weighted by Crippen LogP contribution is -2.34. The Morgan fingerprint density at radius 2 is 2.06 bits per heavy atom. The van der Waals surface area contributed by atoms with Gasteiger partial charge in [0.25, 0.3) is 0 Å². The Labute approximate surface area is 102 Å². The van der Waals surface area contributed by atoms with Gasteiger partial charge in [0.2, 0.25) is 0 Å². The summed E-state index contributed by atoms with van der Waals surface area (Å²) in [6.07, 6.45) is -7.22. The summed E-state index contributed by atoms with van der Waals surface area (Å²) in [5.41, 5.74) is 5.95. The number of nitrogens with two attached hydrogens (primary N) is 1. The number of aliphatic hydroxyl groups excluding tert-OH is 1. The molecule has 1 atom stereocenters. The Hall–Kier alpha value is -1.47. The predicted octanol–water partition coefficient (Wildman–Crippen LogP) is 1.46. The number of ether oxygens (including phenoxy) is 2. The lowest BCUT2D eigenvalue weighted by molar-refractivity contribution is -0.210. The molecule has 1 unspecified atom stereocenters. The third-order valence-corrected chi connectivity index (χ3v) is 2.26. The lowest BCUT2D eigenvalue weighted by Gasteiger charge is -2.17. The van der Waals surface area contributed by atoms with Crippen LogP contribution in [0.5, 0.6) is 11.5 Å². The van der Waals surface area contributed by atoms with E-state index in [1.165, 1.54) is 19.2 Å². The van der Waals surface area contributed by atoms with Crippen molar-refractivity contribution >= 4 is 0 Å². The molecule has 0 aromatic heterocycles. The number of hydrogen-bond acceptors (Lipinski definition) is 4. The second-order valence-electron chi connectivity index (χ2n) is 3.55. The molecule has 1 aromatic carbocycles. The fourth-order valence-corrected chi connectivity index (χ4v) is 1.25. The predicted molar refractivity (Wildman–Crippen MR) is 58.4 cm³/mol. The molecule has 4 nitrogen and oxygen atoms in total. The number of benzene rings is 1. The van der Waals surface area contributed by atoms with E-state index in [2.05, 4.69) is 0 Å². The number of methoxy groups -OCH3 is 1. The van der Waals surface area contributed by atoms with Crippen molar-refractivity contribution in [3.8, 4) is 11.5 Å². The van der Waals surface area contributed by atoms with Crippen LogP contribution in [-0.4, -0.2) is 31.1 Å². The summed E-state index contributed by atoms with van der Waals surface area (Å²) >= 11 is 0. The summed E-state index contributed by atoms with van der Waals surface area (Å²) in [7, 11) is 1.46. The first kappa shape index (κ1) is 14.6. The van der Waals surface area contributed by atoms with Crippen LogP contribution in [0.15, 0.2) is 18.2 Å². The second-order valence-corrected chi connectivity index (χ2v) is 3.55. The third kappa shape index (κ3) is 3.78. The van der Waals surface area contributed by atoms with Gasteiger partial charge >= 0.3 is 6.18 Å². The van der Waals surface area contributed by atoms with Crippen molar-refractivity contribution in [1.82, 2.24) is 0 Å². The van der Waals surface area contributed by atoms with Crippen LogP contribution in [-0.2, 0) is 6.54 Å². The zero-order chi connectivity index (χ0) is 13.8. The molecule has 3 N–H and O–H groups in total. The van der Waals surface area contributed by atoms with Crippen molar-refractivity contribution in [3.05, 3.63) is 23.8 Å². The van der Waals surface area contributed by atoms with Crippen LogP contribution in [0.4, 0.5) is 13.2 Å². The van der Waals surface area contributed by atoms with E-state index in [0.717, 1.165) is 0 Å². The van der Waals surface area contributed by atoms with Gasteiger partial charge in [-0.3, -0.25) is 0 Å². The van der Waals surface area contributed by atoms with Gasteiger partial charge in [0, 0.05) is 12.1 Å². The highest BCUT2D eigenvalue weighted by Crippen LogP contribution is 2.25. The van der Waals surface area contributed by atoms with Gasteiger partial charge in [0.05, 0.1) is 7.11 Å². The molecule has 0 saturated carbocycles. The van der Waals surface area contributed by atoms with E-state index in [1.54, 1.807) is 6.07 Å². The zero-order valence-corrected chi connectivity index (χ0v) is 9.70. The molecule has 0 aliphatic rings. The van der Waals surface area contributed by atoms with Gasteiger partial charge in [-0.15, -0.1) is 0 Å². The van der Waals surface area contributed by atoms with E-state index in [9.17, 15) is 13.2 Å². The van der Waals surface area contributed by atoms with Crippen molar-refractivity contribution in [2.75, 3.05) is 13.7 Å². The van der Waals surface area contributed by atoms with E-state index >= 15 is 0 Å². The molecule has 0 radical (unpaired) electrons. The maximum atomic E-state index is 12.1. The quantitative estimate of drug-likeness (QED) is 0.846. The number of halogens is 3. The van der Waals surface area contributed by atoms with Crippen LogP contribution in [0.1, 0.15) is 5.56 Å². The van der Waals surface area contributed by atoms with Gasteiger partial charge in [-0.2, -0.15) is 13.2 Å². The van der Waals surface area contributed by atoms with Gasteiger partial charge in [-0.1, -0.05) is 0 Å². The standard InChI is InChI=1S/C11H14F3NO3/c1-17-8-2-3-9(7(4-8)5-15)18-6-10(16)11(12,13)14/h2-4,10,16H,5-6,15H2,1H3. The van der Waals surface area contributed by atoms with Crippen molar-refractivity contribution in [2.24, 2.45) is 5.73 Å². The number of rotatable bonds is 5. The number of aliphatic hydroxyl groups is 1. The Kier molecular flexibility index (Phi) is 4.80. The molecule has 18 heavy (non-hydrogen) atoms. The maximum absolute atomic E-state index is 12.1. The summed E-state index contributed by atoms with van der Waals surface area (Å²) in [6.45, 7) is -0.780. The van der Waals surface area contributed by atoms with Crippen molar-refractivity contribution in [2.45, 2.75) is 18.8 Å². The summed E-state index contributed by atoms with van der Waals surface area (Å²) in [5.74, 6) is 0.723. The van der Waals surface area contributed by atoms with Gasteiger partial charge in [0.15, 0.2) is 6.10 Å². The lowest BCUT2D eigenvalue weighted by atomic mass is 10.2. The summed E-state index contributed by atoms with van der Waals surface area (Å²) in [4.78, 5) is 0. The number of hydrogen-bond donors (Lipinski definition) is 2. The molecule has 0 aliphatic heterocycles. The highest BCUT2D eigenvalue weighted by molar-refractivity contribution is 5.40. The molecule has 0 amide bonds. The SMILES string of the molecule is COc1ccc(OCC(O)C(F)(F)F)c(CN)c1. The molecule has 0 heterocycles. The Bertz CT molecular complexity index is 396. The van der Waals surface area contributed by atoms with Crippen LogP contribution in [0.3, 0.4) is 0 Å². The molecule has 0 spiro atoms. The Morgan fingerprint density at radius 1 is 1.39 bits per heavy atom. The van der Waals surface area contributed by atoms with Gasteiger partial charge in [-0.05, 0) is 18.2 Å². The summed E-state index contributed by atoms with van der Waals surface area (Å²) < 4.78 is 46.1. The summed E-state index contributed by atoms with van der Waals surface area (Å²) in [6, 6.07) is 4.55. The van der Waals surface area contributed by atoms with Gasteiger partial charge in [0.1, 0.15) is 18.1 Å². The molecule has 1 aromatic rings. The molecule has 7 heteroatoms. The van der Waals surface area contributed by atoms with E-state index < -0.39 is 18.9 Å². The average Bonchev–Trinajstić information content (AvgIpc) is 2.34. The highest BCUT2D eigenvalue weighted by Gasteiger charge is 2.38. The van der Waals surface area contributed by atoms with E-state index in [1.807, 2.05) is 0 Å². The molecular formula is C11H14F3NO3. The Balaban J connectivity index is 2.73. The first-order chi connectivity index (χ1) is 8.38. The monoisotopic (exact) mass is 265 g/mol. The normalized spacial score (nSPS) is 13.2. The van der Waals surface area contributed by atoms with Gasteiger partial charge in [-0.25, -0.2) is 0 Å². The topological polar surface area (TPSA) is 64.7 Å². The number of alkyl halides is 3. The fourth-order valence-electron chi connectivity index (χ4n) is 1.25. The van der Waals surface area contributed by atoms with Crippen molar-refractivity contribution < 1.29 is 27.8 Å². The van der Waals surface area contributed by atoms with Crippen LogP contribution in [0, 0.1) is 0 Å². The van der Waals surface area contributed by atoms with E-state index in [0.29, 0.717) is 11.3 Å². The molecular weight excluding hydrogens is 251 g/mol. The van der Waals surface area contributed by atoms with Crippen molar-refractivity contribution in [1.29, 1.82) is 0 Å². The molecule has 0 bridgehead atoms. The van der Waals surface area contributed by atoms with E-state index in [-0.39, 0.29) is 12.3 Å². The van der Waals surface area contributed by atoms with Crippen LogP contribution < -0.4 is 15.2 Å². The molecule has 102 valence electrons. The summed E-state index contributed by atoms with van der Waals surface area (Å²) in [5, 5.41) is 8.81. The zero-order valence-electron chi connectivity index (χ0n) is 9.70. The van der Waals surface area contributed by atoms with Crippen LogP contribution >= 0.6 is 0 Å². The Morgan fingerprint density at radius 3 is 2.56 bits per heavy atom. The first-order valence-corrected chi connectivity index (χ1v) is 5.13. The minimum absolute atomic E-state index is 0.0919. The third-order valence-electron chi connectivity index (χ3n) is 2.26. The fraction of sp³-hybridized carbons (Fsp3) is 0.455. The highest BCUT2D eigenvalue weighted by atomic mass is 19.4. The minimum atomic E-state index is -4.70. The molecule has 0 saturated heterocycles. The average molecular weight is 265 g/mol. The van der Waals surface area contributed by atoms with Gasteiger partial charge < -0.3 is 20.3 Å². The first-order valence-electron chi connectivity index (χ1n) is 5.13. The largest absolute Gasteiger partial charge is 0.497 e.